The number of thiophene rings is 1. The molecule has 3 aromatic heterocycles. The molecule has 0 radical (unpaired) electrons. The van der Waals surface area contributed by atoms with Crippen molar-refractivity contribution < 1.29 is 9.59 Å². The third kappa shape index (κ3) is 6.25. The number of carbonyl (C=O) groups is 2. The number of rotatable bonds is 10. The van der Waals surface area contributed by atoms with Crippen molar-refractivity contribution in [3.05, 3.63) is 101 Å². The van der Waals surface area contributed by atoms with Crippen LogP contribution in [0.2, 0.25) is 0 Å². The summed E-state index contributed by atoms with van der Waals surface area (Å²) in [6, 6.07) is 20.3. The van der Waals surface area contributed by atoms with E-state index in [-0.39, 0.29) is 11.8 Å². The van der Waals surface area contributed by atoms with E-state index in [1.807, 2.05) is 53.9 Å². The van der Waals surface area contributed by atoms with Gasteiger partial charge in [-0.25, -0.2) is 0 Å². The van der Waals surface area contributed by atoms with Crippen LogP contribution in [0.3, 0.4) is 0 Å². The van der Waals surface area contributed by atoms with E-state index in [4.69, 9.17) is 0 Å². The minimum absolute atomic E-state index is 0.198. The van der Waals surface area contributed by atoms with E-state index in [0.29, 0.717) is 24.7 Å². The van der Waals surface area contributed by atoms with Gasteiger partial charge in [-0.1, -0.05) is 50.2 Å². The topological polar surface area (TPSA) is 78.1 Å². The van der Waals surface area contributed by atoms with Crippen LogP contribution in [0, 0.1) is 5.92 Å². The standard InChI is InChI=1S/C28H30N4O2S/c1-20(2)12-17-30-27(33)26(22-13-15-29-16-14-22)32(19-23-9-6-18-35-23)28(34)25-11-10-24(31-25)21-7-4-3-5-8-21/h3-11,13-16,18,20,26,31H,12,17,19H2,1-2H3,(H,30,33). The number of hydrogen-bond donors (Lipinski definition) is 2. The van der Waals surface area contributed by atoms with Crippen LogP contribution in [0.5, 0.6) is 0 Å². The molecule has 35 heavy (non-hydrogen) atoms. The molecule has 0 spiro atoms. The van der Waals surface area contributed by atoms with Gasteiger partial charge in [0.05, 0.1) is 6.54 Å². The molecule has 0 aliphatic rings. The van der Waals surface area contributed by atoms with Gasteiger partial charge in [0, 0.05) is 29.5 Å². The Morgan fingerprint density at radius 3 is 2.46 bits per heavy atom. The molecule has 1 aromatic carbocycles. The van der Waals surface area contributed by atoms with Gasteiger partial charge in [-0.05, 0) is 59.2 Å². The number of benzene rings is 1. The first-order valence-electron chi connectivity index (χ1n) is 11.8. The molecule has 7 heteroatoms. The lowest BCUT2D eigenvalue weighted by molar-refractivity contribution is -0.126. The Kier molecular flexibility index (Phi) is 8.11. The fourth-order valence-corrected chi connectivity index (χ4v) is 4.61. The Hall–Kier alpha value is -3.71. The van der Waals surface area contributed by atoms with Crippen molar-refractivity contribution in [1.82, 2.24) is 20.2 Å². The zero-order valence-electron chi connectivity index (χ0n) is 20.0. The first kappa shape index (κ1) is 24.4. The summed E-state index contributed by atoms with van der Waals surface area (Å²) >= 11 is 1.56. The highest BCUT2D eigenvalue weighted by Crippen LogP contribution is 2.28. The number of aromatic amines is 1. The molecule has 0 aliphatic carbocycles. The molecule has 1 unspecified atom stereocenters. The molecule has 4 aromatic rings. The van der Waals surface area contributed by atoms with Crippen molar-refractivity contribution in [2.24, 2.45) is 5.92 Å². The van der Waals surface area contributed by atoms with Crippen LogP contribution in [-0.2, 0) is 11.3 Å². The van der Waals surface area contributed by atoms with Crippen molar-refractivity contribution in [3.8, 4) is 11.3 Å². The number of amides is 2. The second-order valence-corrected chi connectivity index (χ2v) is 9.85. The van der Waals surface area contributed by atoms with Gasteiger partial charge in [-0.3, -0.25) is 14.6 Å². The van der Waals surface area contributed by atoms with Crippen LogP contribution in [0.1, 0.15) is 47.2 Å². The molecule has 180 valence electrons. The van der Waals surface area contributed by atoms with Gasteiger partial charge < -0.3 is 15.2 Å². The second-order valence-electron chi connectivity index (χ2n) is 8.82. The largest absolute Gasteiger partial charge is 0.354 e. The molecule has 0 fully saturated rings. The van der Waals surface area contributed by atoms with E-state index in [1.165, 1.54) is 0 Å². The van der Waals surface area contributed by atoms with Gasteiger partial charge in [0.2, 0.25) is 5.91 Å². The summed E-state index contributed by atoms with van der Waals surface area (Å²) in [5, 5.41) is 5.03. The molecule has 0 bridgehead atoms. The fourth-order valence-electron chi connectivity index (χ4n) is 3.91. The third-order valence-corrected chi connectivity index (χ3v) is 6.63. The molecule has 3 heterocycles. The van der Waals surface area contributed by atoms with Gasteiger partial charge in [0.1, 0.15) is 11.7 Å². The van der Waals surface area contributed by atoms with E-state index in [1.54, 1.807) is 46.8 Å². The van der Waals surface area contributed by atoms with E-state index < -0.39 is 6.04 Å². The number of aromatic nitrogens is 2. The maximum atomic E-state index is 13.9. The molecule has 4 rings (SSSR count). The summed E-state index contributed by atoms with van der Waals surface area (Å²) in [6.45, 7) is 5.12. The Labute approximate surface area is 210 Å². The molecule has 2 N–H and O–H groups in total. The Bertz CT molecular complexity index is 1220. The molecule has 1 atom stereocenters. The number of nitrogens with one attached hydrogen (secondary N) is 2. The highest BCUT2D eigenvalue weighted by atomic mass is 32.1. The smallest absolute Gasteiger partial charge is 0.271 e. The lowest BCUT2D eigenvalue weighted by atomic mass is 10.0. The normalized spacial score (nSPS) is 11.9. The number of hydrogen-bond acceptors (Lipinski definition) is 4. The number of pyridine rings is 1. The summed E-state index contributed by atoms with van der Waals surface area (Å²) in [4.78, 5) is 37.5. The van der Waals surface area contributed by atoms with Gasteiger partial charge in [-0.15, -0.1) is 11.3 Å². The Morgan fingerprint density at radius 1 is 1.00 bits per heavy atom. The van der Waals surface area contributed by atoms with Crippen molar-refractivity contribution in [2.75, 3.05) is 6.54 Å². The lowest BCUT2D eigenvalue weighted by Crippen LogP contribution is -2.43. The van der Waals surface area contributed by atoms with Crippen LogP contribution < -0.4 is 5.32 Å². The molecule has 0 aliphatic heterocycles. The van der Waals surface area contributed by atoms with Gasteiger partial charge in [-0.2, -0.15) is 0 Å². The zero-order valence-corrected chi connectivity index (χ0v) is 20.8. The van der Waals surface area contributed by atoms with Crippen molar-refractivity contribution in [2.45, 2.75) is 32.9 Å². The molecular formula is C28H30N4O2S. The average molecular weight is 487 g/mol. The van der Waals surface area contributed by atoms with Gasteiger partial charge >= 0.3 is 0 Å². The van der Waals surface area contributed by atoms with Gasteiger partial charge in [0.15, 0.2) is 0 Å². The monoisotopic (exact) mass is 486 g/mol. The molecule has 2 amide bonds. The van der Waals surface area contributed by atoms with Crippen LogP contribution in [0.4, 0.5) is 0 Å². The van der Waals surface area contributed by atoms with Crippen LogP contribution in [0.15, 0.2) is 84.5 Å². The SMILES string of the molecule is CC(C)CCNC(=O)C(c1ccncc1)N(Cc1cccs1)C(=O)c1ccc(-c2ccccc2)[nH]1. The first-order chi connectivity index (χ1) is 17.0. The van der Waals surface area contributed by atoms with E-state index >= 15 is 0 Å². The number of H-pyrrole nitrogens is 1. The van der Waals surface area contributed by atoms with Crippen LogP contribution in [-0.4, -0.2) is 33.2 Å². The predicted octanol–water partition coefficient (Wildman–Crippen LogP) is 5.68. The van der Waals surface area contributed by atoms with Crippen LogP contribution >= 0.6 is 11.3 Å². The second kappa shape index (κ2) is 11.6. The molecule has 0 saturated heterocycles. The van der Waals surface area contributed by atoms with E-state index in [2.05, 4.69) is 29.1 Å². The summed E-state index contributed by atoms with van der Waals surface area (Å²) in [7, 11) is 0. The van der Waals surface area contributed by atoms with Crippen LogP contribution in [0.25, 0.3) is 11.3 Å². The Balaban J connectivity index is 1.69. The van der Waals surface area contributed by atoms with E-state index in [9.17, 15) is 9.59 Å². The highest BCUT2D eigenvalue weighted by Gasteiger charge is 2.33. The summed E-state index contributed by atoms with van der Waals surface area (Å²) in [5.74, 6) is 0.0341. The quantitative estimate of drug-likeness (QED) is 0.303. The first-order valence-corrected chi connectivity index (χ1v) is 12.7. The summed E-state index contributed by atoms with van der Waals surface area (Å²) < 4.78 is 0. The van der Waals surface area contributed by atoms with E-state index in [0.717, 1.165) is 28.1 Å². The summed E-state index contributed by atoms with van der Waals surface area (Å²) in [5.41, 5.74) is 3.01. The van der Waals surface area contributed by atoms with Gasteiger partial charge in [0.25, 0.3) is 5.91 Å². The number of carbonyl (C=O) groups excluding carboxylic acids is 2. The highest BCUT2D eigenvalue weighted by molar-refractivity contribution is 7.09. The van der Waals surface area contributed by atoms with Crippen molar-refractivity contribution in [1.29, 1.82) is 0 Å². The average Bonchev–Trinajstić information content (AvgIpc) is 3.57. The van der Waals surface area contributed by atoms with Crippen molar-refractivity contribution >= 4 is 23.2 Å². The van der Waals surface area contributed by atoms with Crippen molar-refractivity contribution in [3.63, 3.8) is 0 Å². The summed E-state index contributed by atoms with van der Waals surface area (Å²) in [6.07, 6.45) is 4.17. The minimum atomic E-state index is -0.789. The maximum absolute atomic E-state index is 13.9. The lowest BCUT2D eigenvalue weighted by Gasteiger charge is -2.31. The third-order valence-electron chi connectivity index (χ3n) is 5.77. The minimum Gasteiger partial charge on any atom is -0.354 e. The molecule has 6 nitrogen and oxygen atoms in total. The zero-order chi connectivity index (χ0) is 24.6. The molecule has 0 saturated carbocycles. The number of nitrogens with zero attached hydrogens (tertiary/aromatic N) is 2. The fraction of sp³-hybridized carbons (Fsp3) is 0.250. The Morgan fingerprint density at radius 2 is 1.77 bits per heavy atom. The molecular weight excluding hydrogens is 456 g/mol. The predicted molar refractivity (Wildman–Crippen MR) is 140 cm³/mol. The maximum Gasteiger partial charge on any atom is 0.271 e.